The molecule has 2 nitrogen and oxygen atoms in total. The zero-order chi connectivity index (χ0) is 15.1. The minimum absolute atomic E-state index is 0.339. The second kappa shape index (κ2) is 8.12. The van der Waals surface area contributed by atoms with Crippen molar-refractivity contribution in [1.29, 1.82) is 0 Å². The Bertz CT molecular complexity index is 592. The molecule has 112 valence electrons. The van der Waals surface area contributed by atoms with Crippen LogP contribution in [0, 0.1) is 11.6 Å². The normalized spacial score (nSPS) is 10.8. The molecule has 0 aromatic heterocycles. The molecule has 2 aromatic rings. The summed E-state index contributed by atoms with van der Waals surface area (Å²) in [6.07, 6.45) is 0. The number of methoxy groups -OCH3 is 1. The first-order valence-corrected chi connectivity index (χ1v) is 7.43. The maximum Gasteiger partial charge on any atom is 0.137 e. The molecule has 0 fully saturated rings. The van der Waals surface area contributed by atoms with Gasteiger partial charge in [0, 0.05) is 30.0 Å². The zero-order valence-electron chi connectivity index (χ0n) is 11.7. The van der Waals surface area contributed by atoms with Crippen molar-refractivity contribution in [2.45, 2.75) is 16.3 Å². The number of benzene rings is 2. The molecule has 1 N–H and O–H groups in total. The summed E-state index contributed by atoms with van der Waals surface area (Å²) in [7, 11) is 1.63. The molecule has 0 bridgehead atoms. The summed E-state index contributed by atoms with van der Waals surface area (Å²) in [6.45, 7) is 1.90. The molecule has 0 aliphatic rings. The van der Waals surface area contributed by atoms with Crippen LogP contribution in [0.2, 0.25) is 0 Å². The molecule has 0 unspecified atom stereocenters. The molecule has 0 saturated heterocycles. The van der Waals surface area contributed by atoms with E-state index in [1.165, 1.54) is 12.1 Å². The lowest BCUT2D eigenvalue weighted by Crippen LogP contribution is -2.18. The Kier molecular flexibility index (Phi) is 6.17. The van der Waals surface area contributed by atoms with Crippen LogP contribution in [0.1, 0.15) is 5.56 Å². The summed E-state index contributed by atoms with van der Waals surface area (Å²) in [6, 6.07) is 11.4. The van der Waals surface area contributed by atoms with Crippen molar-refractivity contribution in [2.75, 3.05) is 20.3 Å². The molecule has 2 aromatic carbocycles. The van der Waals surface area contributed by atoms with Crippen LogP contribution in [0.5, 0.6) is 0 Å². The van der Waals surface area contributed by atoms with Gasteiger partial charge >= 0.3 is 0 Å². The lowest BCUT2D eigenvalue weighted by molar-refractivity contribution is 0.199. The van der Waals surface area contributed by atoms with Crippen molar-refractivity contribution in [1.82, 2.24) is 5.32 Å². The van der Waals surface area contributed by atoms with Gasteiger partial charge in [0.25, 0.3) is 0 Å². The van der Waals surface area contributed by atoms with Gasteiger partial charge in [-0.1, -0.05) is 30.0 Å². The average molecular weight is 309 g/mol. The van der Waals surface area contributed by atoms with Gasteiger partial charge in [-0.2, -0.15) is 0 Å². The molecule has 0 aliphatic carbocycles. The summed E-state index contributed by atoms with van der Waals surface area (Å²) in [4.78, 5) is 0.836. The average Bonchev–Trinajstić information content (AvgIpc) is 2.48. The fourth-order valence-electron chi connectivity index (χ4n) is 1.79. The Morgan fingerprint density at radius 3 is 2.52 bits per heavy atom. The fourth-order valence-corrected chi connectivity index (χ4v) is 2.63. The van der Waals surface area contributed by atoms with E-state index < -0.39 is 0 Å². The van der Waals surface area contributed by atoms with Crippen molar-refractivity contribution >= 4 is 11.8 Å². The van der Waals surface area contributed by atoms with E-state index >= 15 is 0 Å². The number of nitrogens with one attached hydrogen (secondary N) is 1. The standard InChI is InChI=1S/C16H17F2NOS/c1-20-9-8-19-11-12-6-7-16(14(18)10-12)21-15-5-3-2-4-13(15)17/h2-7,10,19H,8-9,11H2,1H3. The second-order valence-electron chi connectivity index (χ2n) is 4.47. The van der Waals surface area contributed by atoms with Crippen LogP contribution in [-0.4, -0.2) is 20.3 Å². The lowest BCUT2D eigenvalue weighted by atomic mass is 10.2. The van der Waals surface area contributed by atoms with Crippen LogP contribution in [0.15, 0.2) is 52.3 Å². The monoisotopic (exact) mass is 309 g/mol. The van der Waals surface area contributed by atoms with Crippen LogP contribution in [0.3, 0.4) is 0 Å². The zero-order valence-corrected chi connectivity index (χ0v) is 12.6. The summed E-state index contributed by atoms with van der Waals surface area (Å²) in [5.41, 5.74) is 0.849. The predicted molar refractivity (Wildman–Crippen MR) is 80.5 cm³/mol. The smallest absolute Gasteiger partial charge is 0.137 e. The predicted octanol–water partition coefficient (Wildman–Crippen LogP) is 3.85. The first-order chi connectivity index (χ1) is 10.2. The van der Waals surface area contributed by atoms with Gasteiger partial charge < -0.3 is 10.1 Å². The van der Waals surface area contributed by atoms with Crippen molar-refractivity contribution in [3.8, 4) is 0 Å². The van der Waals surface area contributed by atoms with Crippen molar-refractivity contribution in [3.05, 3.63) is 59.7 Å². The molecule has 0 radical (unpaired) electrons. The Labute approximate surface area is 127 Å². The van der Waals surface area contributed by atoms with Gasteiger partial charge in [-0.25, -0.2) is 8.78 Å². The van der Waals surface area contributed by atoms with Crippen LogP contribution in [0.25, 0.3) is 0 Å². The van der Waals surface area contributed by atoms with Crippen LogP contribution < -0.4 is 5.32 Å². The Morgan fingerprint density at radius 1 is 1.05 bits per heavy atom. The first kappa shape index (κ1) is 15.9. The van der Waals surface area contributed by atoms with Crippen molar-refractivity contribution < 1.29 is 13.5 Å². The number of hydrogen-bond donors (Lipinski definition) is 1. The van der Waals surface area contributed by atoms with Gasteiger partial charge in [0.2, 0.25) is 0 Å². The molecule has 5 heteroatoms. The maximum atomic E-state index is 14.0. The third-order valence-electron chi connectivity index (χ3n) is 2.86. The molecule has 0 heterocycles. The van der Waals surface area contributed by atoms with E-state index in [-0.39, 0.29) is 11.6 Å². The highest BCUT2D eigenvalue weighted by Crippen LogP contribution is 2.31. The molecule has 0 amide bonds. The Balaban J connectivity index is 2.01. The van der Waals surface area contributed by atoms with E-state index in [4.69, 9.17) is 4.74 Å². The fraction of sp³-hybridized carbons (Fsp3) is 0.250. The minimum Gasteiger partial charge on any atom is -0.383 e. The van der Waals surface area contributed by atoms with Crippen LogP contribution >= 0.6 is 11.8 Å². The largest absolute Gasteiger partial charge is 0.383 e. The third kappa shape index (κ3) is 4.81. The summed E-state index contributed by atoms with van der Waals surface area (Å²) in [5, 5.41) is 3.15. The highest BCUT2D eigenvalue weighted by molar-refractivity contribution is 7.99. The summed E-state index contributed by atoms with van der Waals surface area (Å²) >= 11 is 1.09. The first-order valence-electron chi connectivity index (χ1n) is 6.61. The lowest BCUT2D eigenvalue weighted by Gasteiger charge is -2.08. The molecule has 2 rings (SSSR count). The van der Waals surface area contributed by atoms with Gasteiger partial charge in [0.05, 0.1) is 6.61 Å². The maximum absolute atomic E-state index is 14.0. The van der Waals surface area contributed by atoms with Crippen molar-refractivity contribution in [2.24, 2.45) is 0 Å². The van der Waals surface area contributed by atoms with Gasteiger partial charge in [-0.3, -0.25) is 0 Å². The second-order valence-corrected chi connectivity index (χ2v) is 5.55. The Hall–Kier alpha value is -1.43. The number of rotatable bonds is 7. The van der Waals surface area contributed by atoms with E-state index in [0.29, 0.717) is 29.5 Å². The van der Waals surface area contributed by atoms with Gasteiger partial charge in [-0.15, -0.1) is 0 Å². The van der Waals surface area contributed by atoms with E-state index in [2.05, 4.69) is 5.32 Å². The Morgan fingerprint density at radius 2 is 1.81 bits per heavy atom. The molecule has 21 heavy (non-hydrogen) atoms. The molecule has 0 saturated carbocycles. The third-order valence-corrected chi connectivity index (χ3v) is 3.97. The highest BCUT2D eigenvalue weighted by atomic mass is 32.2. The summed E-state index contributed by atoms with van der Waals surface area (Å²) < 4.78 is 32.5. The topological polar surface area (TPSA) is 21.3 Å². The van der Waals surface area contributed by atoms with E-state index in [9.17, 15) is 8.78 Å². The van der Waals surface area contributed by atoms with E-state index in [1.54, 1.807) is 31.4 Å². The number of hydrogen-bond acceptors (Lipinski definition) is 3. The molecule has 0 atom stereocenters. The molecule has 0 aliphatic heterocycles. The van der Waals surface area contributed by atoms with E-state index in [1.807, 2.05) is 6.07 Å². The van der Waals surface area contributed by atoms with Gasteiger partial charge in [-0.05, 0) is 29.8 Å². The van der Waals surface area contributed by atoms with Crippen LogP contribution in [0.4, 0.5) is 8.78 Å². The quantitative estimate of drug-likeness (QED) is 0.785. The van der Waals surface area contributed by atoms with Crippen LogP contribution in [-0.2, 0) is 11.3 Å². The van der Waals surface area contributed by atoms with E-state index in [0.717, 1.165) is 17.3 Å². The number of ether oxygens (including phenoxy) is 1. The SMILES string of the molecule is COCCNCc1ccc(Sc2ccccc2F)c(F)c1. The number of halogens is 2. The van der Waals surface area contributed by atoms with Gasteiger partial charge in [0.1, 0.15) is 11.6 Å². The molecular formula is C16H17F2NOS. The minimum atomic E-state index is -0.341. The molecular weight excluding hydrogens is 292 g/mol. The van der Waals surface area contributed by atoms with Gasteiger partial charge in [0.15, 0.2) is 0 Å². The summed E-state index contributed by atoms with van der Waals surface area (Å²) in [5.74, 6) is -0.679. The highest BCUT2D eigenvalue weighted by Gasteiger charge is 2.08. The van der Waals surface area contributed by atoms with Crippen molar-refractivity contribution in [3.63, 3.8) is 0 Å². The molecule has 0 spiro atoms.